The SMILES string of the molecule is COCCN1C(=O)c2ccc(C(=O)NC3CCCC3CN)cc2S1(=O)=O.Cl. The first-order chi connectivity index (χ1) is 12.4. The molecular formula is C17H24ClN3O5S. The Hall–Kier alpha value is -1.68. The Bertz CT molecular complexity index is 830. The van der Waals surface area contributed by atoms with Gasteiger partial charge in [0.25, 0.3) is 21.8 Å². The highest BCUT2D eigenvalue weighted by atomic mass is 35.5. The van der Waals surface area contributed by atoms with Crippen molar-refractivity contribution in [2.75, 3.05) is 26.8 Å². The van der Waals surface area contributed by atoms with Gasteiger partial charge in [0, 0.05) is 18.7 Å². The number of benzene rings is 1. The van der Waals surface area contributed by atoms with Crippen molar-refractivity contribution in [1.29, 1.82) is 0 Å². The second-order valence-corrected chi connectivity index (χ2v) is 8.42. The molecular weight excluding hydrogens is 394 g/mol. The third-order valence-electron chi connectivity index (χ3n) is 5.05. The molecule has 1 fully saturated rings. The van der Waals surface area contributed by atoms with Crippen LogP contribution in [-0.4, -0.2) is 57.4 Å². The Morgan fingerprint density at radius 3 is 2.78 bits per heavy atom. The van der Waals surface area contributed by atoms with Gasteiger partial charge in [-0.3, -0.25) is 9.59 Å². The lowest BCUT2D eigenvalue weighted by atomic mass is 10.0. The van der Waals surface area contributed by atoms with Crippen LogP contribution in [0.1, 0.15) is 40.0 Å². The van der Waals surface area contributed by atoms with E-state index in [4.69, 9.17) is 10.5 Å². The van der Waals surface area contributed by atoms with Gasteiger partial charge in [-0.1, -0.05) is 6.42 Å². The van der Waals surface area contributed by atoms with Crippen molar-refractivity contribution in [1.82, 2.24) is 9.62 Å². The van der Waals surface area contributed by atoms with E-state index in [0.717, 1.165) is 23.6 Å². The van der Waals surface area contributed by atoms with Crippen molar-refractivity contribution in [3.63, 3.8) is 0 Å². The summed E-state index contributed by atoms with van der Waals surface area (Å²) in [6.07, 6.45) is 2.84. The summed E-state index contributed by atoms with van der Waals surface area (Å²) in [7, 11) is -2.53. The van der Waals surface area contributed by atoms with E-state index in [-0.39, 0.29) is 59.4 Å². The molecule has 2 aliphatic rings. The second kappa shape index (κ2) is 8.55. The highest BCUT2D eigenvalue weighted by Crippen LogP contribution is 2.31. The van der Waals surface area contributed by atoms with E-state index in [2.05, 4.69) is 5.32 Å². The summed E-state index contributed by atoms with van der Waals surface area (Å²) in [5, 5.41) is 2.94. The number of amides is 2. The van der Waals surface area contributed by atoms with E-state index in [1.54, 1.807) is 0 Å². The number of methoxy groups -OCH3 is 1. The average Bonchev–Trinajstić information content (AvgIpc) is 3.14. The zero-order valence-electron chi connectivity index (χ0n) is 15.0. The highest BCUT2D eigenvalue weighted by molar-refractivity contribution is 7.90. The molecule has 1 saturated carbocycles. The van der Waals surface area contributed by atoms with Crippen molar-refractivity contribution in [2.45, 2.75) is 30.2 Å². The Labute approximate surface area is 164 Å². The highest BCUT2D eigenvalue weighted by Gasteiger charge is 2.41. The number of rotatable bonds is 6. The van der Waals surface area contributed by atoms with Gasteiger partial charge in [-0.15, -0.1) is 12.4 Å². The van der Waals surface area contributed by atoms with Crippen molar-refractivity contribution in [3.05, 3.63) is 29.3 Å². The van der Waals surface area contributed by atoms with Gasteiger partial charge in [-0.05, 0) is 43.5 Å². The van der Waals surface area contributed by atoms with Crippen LogP contribution < -0.4 is 11.1 Å². The number of hydrogen-bond donors (Lipinski definition) is 2. The van der Waals surface area contributed by atoms with Crippen LogP contribution in [0.15, 0.2) is 23.1 Å². The quantitative estimate of drug-likeness (QED) is 0.705. The lowest BCUT2D eigenvalue weighted by Gasteiger charge is -2.19. The zero-order chi connectivity index (χ0) is 18.9. The molecule has 1 aliphatic carbocycles. The molecule has 8 nitrogen and oxygen atoms in total. The maximum Gasteiger partial charge on any atom is 0.269 e. The summed E-state index contributed by atoms with van der Waals surface area (Å²) in [6.45, 7) is 0.551. The van der Waals surface area contributed by atoms with Crippen LogP contribution >= 0.6 is 12.4 Å². The van der Waals surface area contributed by atoms with Crippen LogP contribution in [0.3, 0.4) is 0 Å². The molecule has 1 aliphatic heterocycles. The summed E-state index contributed by atoms with van der Waals surface area (Å²) in [4.78, 5) is 24.7. The van der Waals surface area contributed by atoms with Gasteiger partial charge in [0.2, 0.25) is 0 Å². The number of nitrogens with one attached hydrogen (secondary N) is 1. The standard InChI is InChI=1S/C17H23N3O5S.ClH/c1-25-8-7-20-17(22)13-6-5-11(9-15(13)26(20,23)24)16(21)19-14-4-2-3-12(14)10-18;/h5-6,9,12,14H,2-4,7-8,10,18H2,1H3,(H,19,21);1H. The lowest BCUT2D eigenvalue weighted by Crippen LogP contribution is -2.39. The van der Waals surface area contributed by atoms with Crippen LogP contribution in [0, 0.1) is 5.92 Å². The van der Waals surface area contributed by atoms with Crippen molar-refractivity contribution in [2.24, 2.45) is 11.7 Å². The first-order valence-corrected chi connectivity index (χ1v) is 10.0. The first kappa shape index (κ1) is 21.6. The molecule has 1 aromatic rings. The third kappa shape index (κ3) is 3.96. The topological polar surface area (TPSA) is 119 Å². The number of fused-ring (bicyclic) bond motifs is 1. The fraction of sp³-hybridized carbons (Fsp3) is 0.529. The molecule has 2 amide bonds. The molecule has 0 spiro atoms. The molecule has 2 atom stereocenters. The van der Waals surface area contributed by atoms with Gasteiger partial charge in [0.05, 0.1) is 18.7 Å². The maximum atomic E-state index is 12.6. The second-order valence-electron chi connectivity index (χ2n) is 6.59. The Balaban J connectivity index is 0.00000261. The predicted molar refractivity (Wildman–Crippen MR) is 101 cm³/mol. The van der Waals surface area contributed by atoms with Crippen molar-refractivity contribution >= 4 is 34.2 Å². The molecule has 0 bridgehead atoms. The largest absolute Gasteiger partial charge is 0.383 e. The van der Waals surface area contributed by atoms with Gasteiger partial charge in [0.1, 0.15) is 4.90 Å². The summed E-state index contributed by atoms with van der Waals surface area (Å²) in [6, 6.07) is 4.15. The third-order valence-corrected chi connectivity index (χ3v) is 6.87. The number of nitrogens with zero attached hydrogens (tertiary/aromatic N) is 1. The fourth-order valence-corrected chi connectivity index (χ4v) is 5.15. The summed E-state index contributed by atoms with van der Waals surface area (Å²) in [5.74, 6) is -0.706. The van der Waals surface area contributed by atoms with Crippen LogP contribution in [-0.2, 0) is 14.8 Å². The Kier molecular flexibility index (Phi) is 6.85. The van der Waals surface area contributed by atoms with Crippen molar-refractivity contribution < 1.29 is 22.7 Å². The lowest BCUT2D eigenvalue weighted by molar-refractivity contribution is 0.0835. The molecule has 0 saturated heterocycles. The normalized spacial score (nSPS) is 23.0. The van der Waals surface area contributed by atoms with Crippen molar-refractivity contribution in [3.8, 4) is 0 Å². The number of ether oxygens (including phenoxy) is 1. The molecule has 1 heterocycles. The Morgan fingerprint density at radius 1 is 1.37 bits per heavy atom. The maximum absolute atomic E-state index is 12.6. The van der Waals surface area contributed by atoms with E-state index in [0.29, 0.717) is 6.54 Å². The van der Waals surface area contributed by atoms with Crippen LogP contribution in [0.5, 0.6) is 0 Å². The molecule has 0 radical (unpaired) electrons. The van der Waals surface area contributed by atoms with Gasteiger partial charge in [-0.25, -0.2) is 12.7 Å². The van der Waals surface area contributed by atoms with E-state index >= 15 is 0 Å². The molecule has 1 aromatic carbocycles. The molecule has 10 heteroatoms. The van der Waals surface area contributed by atoms with E-state index < -0.39 is 15.9 Å². The number of halogens is 1. The predicted octanol–water partition coefficient (Wildman–Crippen LogP) is 0.756. The molecule has 0 aromatic heterocycles. The number of sulfonamides is 1. The van der Waals surface area contributed by atoms with Gasteiger partial charge >= 0.3 is 0 Å². The zero-order valence-corrected chi connectivity index (χ0v) is 16.6. The van der Waals surface area contributed by atoms with Gasteiger partial charge in [0.15, 0.2) is 0 Å². The van der Waals surface area contributed by atoms with Crippen LogP contribution in [0.2, 0.25) is 0 Å². The fourth-order valence-electron chi connectivity index (χ4n) is 3.57. The van der Waals surface area contributed by atoms with Crippen LogP contribution in [0.4, 0.5) is 0 Å². The number of carbonyl (C=O) groups excluding carboxylic acids is 2. The average molecular weight is 418 g/mol. The summed E-state index contributed by atoms with van der Waals surface area (Å²) < 4.78 is 30.9. The molecule has 3 rings (SSSR count). The Morgan fingerprint density at radius 2 is 2.11 bits per heavy atom. The number of hydrogen-bond acceptors (Lipinski definition) is 6. The summed E-state index contributed by atoms with van der Waals surface area (Å²) >= 11 is 0. The molecule has 3 N–H and O–H groups in total. The number of carbonyl (C=O) groups is 2. The minimum absolute atomic E-state index is 0. The monoisotopic (exact) mass is 417 g/mol. The molecule has 2 unspecified atom stereocenters. The smallest absolute Gasteiger partial charge is 0.269 e. The first-order valence-electron chi connectivity index (χ1n) is 8.61. The minimum Gasteiger partial charge on any atom is -0.383 e. The van der Waals surface area contributed by atoms with E-state index in [9.17, 15) is 18.0 Å². The van der Waals surface area contributed by atoms with E-state index in [1.807, 2.05) is 0 Å². The molecule has 150 valence electrons. The number of nitrogens with two attached hydrogens (primary N) is 1. The van der Waals surface area contributed by atoms with Gasteiger partial charge < -0.3 is 15.8 Å². The minimum atomic E-state index is -3.96. The summed E-state index contributed by atoms with van der Waals surface area (Å²) in [5.41, 5.74) is 6.04. The molecule has 27 heavy (non-hydrogen) atoms. The van der Waals surface area contributed by atoms with Gasteiger partial charge in [-0.2, -0.15) is 0 Å². The van der Waals surface area contributed by atoms with E-state index in [1.165, 1.54) is 25.3 Å². The van der Waals surface area contributed by atoms with Crippen LogP contribution in [0.25, 0.3) is 0 Å².